The first kappa shape index (κ1) is 24.7. The van der Waals surface area contributed by atoms with Crippen LogP contribution in [0, 0.1) is 11.3 Å². The molecule has 5 aromatic rings. The Labute approximate surface area is 227 Å². The third-order valence-electron chi connectivity index (χ3n) is 5.48. The first-order chi connectivity index (χ1) is 18.1. The second kappa shape index (κ2) is 11.4. The first-order valence-electron chi connectivity index (χ1n) is 11.3. The number of nitrogens with zero attached hydrogens (tertiary/aromatic N) is 3. The zero-order valence-electron chi connectivity index (χ0n) is 19.4. The lowest BCUT2D eigenvalue weighted by atomic mass is 9.99. The summed E-state index contributed by atoms with van der Waals surface area (Å²) < 4.78 is 0. The van der Waals surface area contributed by atoms with Crippen LogP contribution in [0.4, 0.5) is 5.13 Å². The molecule has 1 amide bonds. The van der Waals surface area contributed by atoms with Gasteiger partial charge in [0.2, 0.25) is 5.91 Å². The molecule has 0 saturated heterocycles. The van der Waals surface area contributed by atoms with Crippen molar-refractivity contribution in [3.8, 4) is 39.7 Å². The Balaban J connectivity index is 1.40. The van der Waals surface area contributed by atoms with Gasteiger partial charge in [-0.15, -0.1) is 11.3 Å². The van der Waals surface area contributed by atoms with Crippen molar-refractivity contribution in [1.29, 1.82) is 5.26 Å². The number of halogens is 1. The predicted octanol–water partition coefficient (Wildman–Crippen LogP) is 7.79. The number of hydrogen-bond acceptors (Lipinski definition) is 6. The van der Waals surface area contributed by atoms with Gasteiger partial charge in [-0.25, -0.2) is 9.97 Å². The lowest BCUT2D eigenvalue weighted by Crippen LogP contribution is -2.14. The van der Waals surface area contributed by atoms with Crippen molar-refractivity contribution in [1.82, 2.24) is 9.97 Å². The summed E-state index contributed by atoms with van der Waals surface area (Å²) in [6.45, 7) is 0. The molecule has 3 aromatic carbocycles. The average Bonchev–Trinajstić information content (AvgIpc) is 3.41. The van der Waals surface area contributed by atoms with Crippen molar-refractivity contribution in [2.24, 2.45) is 0 Å². The first-order valence-corrected chi connectivity index (χ1v) is 13.5. The van der Waals surface area contributed by atoms with Crippen LogP contribution in [0.15, 0.2) is 101 Å². The second-order valence-electron chi connectivity index (χ2n) is 7.96. The van der Waals surface area contributed by atoms with Crippen molar-refractivity contribution in [3.63, 3.8) is 0 Å². The van der Waals surface area contributed by atoms with Crippen molar-refractivity contribution in [2.45, 2.75) is 5.03 Å². The zero-order chi connectivity index (χ0) is 25.6. The fraction of sp³-hybridized carbons (Fsp3) is 0.0345. The molecule has 5 nitrogen and oxygen atoms in total. The maximum atomic E-state index is 12.8. The number of rotatable bonds is 7. The van der Waals surface area contributed by atoms with Crippen molar-refractivity contribution >= 4 is 45.7 Å². The van der Waals surface area contributed by atoms with Crippen LogP contribution in [0.25, 0.3) is 33.6 Å². The summed E-state index contributed by atoms with van der Waals surface area (Å²) in [7, 11) is 0. The van der Waals surface area contributed by atoms with E-state index >= 15 is 0 Å². The minimum atomic E-state index is -0.220. The van der Waals surface area contributed by atoms with E-state index in [0.717, 1.165) is 33.6 Å². The molecular weight excluding hydrogens is 520 g/mol. The number of amides is 1. The topological polar surface area (TPSA) is 78.7 Å². The van der Waals surface area contributed by atoms with Gasteiger partial charge in [0.25, 0.3) is 0 Å². The molecule has 1 N–H and O–H groups in total. The molecule has 180 valence electrons. The van der Waals surface area contributed by atoms with E-state index in [-0.39, 0.29) is 11.7 Å². The molecule has 0 fully saturated rings. The van der Waals surface area contributed by atoms with Gasteiger partial charge < -0.3 is 5.32 Å². The highest BCUT2D eigenvalue weighted by atomic mass is 35.5. The Morgan fingerprint density at radius 3 is 2.19 bits per heavy atom. The molecule has 0 saturated carbocycles. The molecule has 0 spiro atoms. The average molecular weight is 539 g/mol. The highest BCUT2D eigenvalue weighted by Gasteiger charge is 2.17. The van der Waals surface area contributed by atoms with Crippen LogP contribution in [0.3, 0.4) is 0 Å². The number of aromatic nitrogens is 2. The second-order valence-corrected chi connectivity index (χ2v) is 10.2. The smallest absolute Gasteiger partial charge is 0.236 e. The van der Waals surface area contributed by atoms with E-state index in [2.05, 4.69) is 16.4 Å². The van der Waals surface area contributed by atoms with Gasteiger partial charge in [0, 0.05) is 27.1 Å². The van der Waals surface area contributed by atoms with Crippen molar-refractivity contribution < 1.29 is 4.79 Å². The molecule has 0 radical (unpaired) electrons. The molecule has 0 atom stereocenters. The van der Waals surface area contributed by atoms with Crippen LogP contribution in [0.5, 0.6) is 0 Å². The number of hydrogen-bond donors (Lipinski definition) is 1. The molecule has 2 heterocycles. The molecule has 5 rings (SSSR count). The number of carbonyl (C=O) groups is 1. The number of anilines is 1. The van der Waals surface area contributed by atoms with E-state index in [0.29, 0.717) is 20.7 Å². The fourth-order valence-electron chi connectivity index (χ4n) is 3.71. The Kier molecular flexibility index (Phi) is 7.62. The van der Waals surface area contributed by atoms with Gasteiger partial charge in [-0.05, 0) is 23.8 Å². The SMILES string of the molecule is N#Cc1c(-c2ccc(Cl)cc2)cc(-c2ccccc2)nc1SCC(=O)Nc1nc(-c2ccccc2)cs1. The molecule has 0 aliphatic heterocycles. The van der Waals surface area contributed by atoms with Crippen molar-refractivity contribution in [3.05, 3.63) is 107 Å². The van der Waals surface area contributed by atoms with Crippen LogP contribution in [0.2, 0.25) is 5.02 Å². The van der Waals surface area contributed by atoms with Crippen LogP contribution < -0.4 is 5.32 Å². The summed E-state index contributed by atoms with van der Waals surface area (Å²) in [4.78, 5) is 22.1. The number of benzene rings is 3. The highest BCUT2D eigenvalue weighted by Crippen LogP contribution is 2.35. The normalized spacial score (nSPS) is 10.6. The maximum Gasteiger partial charge on any atom is 0.236 e. The number of nitrogens with one attached hydrogen (secondary N) is 1. The molecule has 0 aliphatic rings. The van der Waals surface area contributed by atoms with Gasteiger partial charge in [-0.3, -0.25) is 4.79 Å². The van der Waals surface area contributed by atoms with E-state index in [1.807, 2.05) is 84.2 Å². The van der Waals surface area contributed by atoms with Crippen molar-refractivity contribution in [2.75, 3.05) is 11.1 Å². The maximum absolute atomic E-state index is 12.8. The third-order valence-corrected chi connectivity index (χ3v) is 7.47. The summed E-state index contributed by atoms with van der Waals surface area (Å²) in [6.07, 6.45) is 0. The Bertz CT molecular complexity index is 1580. The zero-order valence-corrected chi connectivity index (χ0v) is 21.8. The summed E-state index contributed by atoms with van der Waals surface area (Å²) in [5, 5.41) is 16.5. The van der Waals surface area contributed by atoms with Gasteiger partial charge in [-0.2, -0.15) is 5.26 Å². The minimum absolute atomic E-state index is 0.0836. The van der Waals surface area contributed by atoms with Crippen LogP contribution in [0.1, 0.15) is 5.56 Å². The van der Waals surface area contributed by atoms with E-state index in [9.17, 15) is 10.1 Å². The van der Waals surface area contributed by atoms with Crippen LogP contribution in [-0.2, 0) is 4.79 Å². The highest BCUT2D eigenvalue weighted by molar-refractivity contribution is 8.00. The van der Waals surface area contributed by atoms with Gasteiger partial charge >= 0.3 is 0 Å². The molecule has 37 heavy (non-hydrogen) atoms. The standard InChI is InChI=1S/C29H19ClN4OS2/c30-22-13-11-19(12-14-22)23-15-25(20-7-3-1-4-8-20)32-28(24(23)16-31)36-18-27(35)34-29-33-26(17-37-29)21-9-5-2-6-10-21/h1-15,17H,18H2,(H,33,34,35). The van der Waals surface area contributed by atoms with E-state index < -0.39 is 0 Å². The van der Waals surface area contributed by atoms with Crippen LogP contribution in [-0.4, -0.2) is 21.6 Å². The van der Waals surface area contributed by atoms with Gasteiger partial charge in [0.15, 0.2) is 5.13 Å². The Morgan fingerprint density at radius 1 is 0.892 bits per heavy atom. The fourth-order valence-corrected chi connectivity index (χ4v) is 5.37. The molecule has 8 heteroatoms. The lowest BCUT2D eigenvalue weighted by Gasteiger charge is -2.12. The number of thiazole rings is 1. The van der Waals surface area contributed by atoms with Gasteiger partial charge in [-0.1, -0.05) is 96.2 Å². The van der Waals surface area contributed by atoms with E-state index in [1.165, 1.54) is 23.1 Å². The number of thioether (sulfide) groups is 1. The largest absolute Gasteiger partial charge is 0.301 e. The molecular formula is C29H19ClN4OS2. The summed E-state index contributed by atoms with van der Waals surface area (Å²) in [5.41, 5.74) is 5.45. The third kappa shape index (κ3) is 5.89. The monoisotopic (exact) mass is 538 g/mol. The van der Waals surface area contributed by atoms with Gasteiger partial charge in [0.05, 0.1) is 22.7 Å². The predicted molar refractivity (Wildman–Crippen MR) is 152 cm³/mol. The molecule has 0 bridgehead atoms. The Morgan fingerprint density at radius 2 is 1.54 bits per heavy atom. The number of nitriles is 1. The number of pyridine rings is 1. The van der Waals surface area contributed by atoms with Gasteiger partial charge in [0.1, 0.15) is 11.1 Å². The number of carbonyl (C=O) groups excluding carboxylic acids is 1. The summed E-state index contributed by atoms with van der Waals surface area (Å²) in [5.74, 6) is -0.136. The quantitative estimate of drug-likeness (QED) is 0.214. The molecule has 0 unspecified atom stereocenters. The molecule has 2 aromatic heterocycles. The molecule has 0 aliphatic carbocycles. The minimum Gasteiger partial charge on any atom is -0.301 e. The van der Waals surface area contributed by atoms with E-state index in [1.54, 1.807) is 12.1 Å². The lowest BCUT2D eigenvalue weighted by molar-refractivity contribution is -0.113. The Hall–Kier alpha value is -3.96. The van der Waals surface area contributed by atoms with E-state index in [4.69, 9.17) is 16.6 Å². The van der Waals surface area contributed by atoms with Crippen LogP contribution >= 0.6 is 34.7 Å². The summed E-state index contributed by atoms with van der Waals surface area (Å²) in [6, 6.07) is 31.1. The summed E-state index contributed by atoms with van der Waals surface area (Å²) >= 11 is 8.69.